The smallest absolute Gasteiger partial charge is 0.326 e. The molecule has 26 heavy (non-hydrogen) atoms. The van der Waals surface area contributed by atoms with E-state index in [-0.39, 0.29) is 0 Å². The number of anilines is 1. The van der Waals surface area contributed by atoms with Gasteiger partial charge in [0, 0.05) is 11.4 Å². The van der Waals surface area contributed by atoms with Crippen LogP contribution in [0.4, 0.5) is 5.69 Å². The first-order valence-corrected chi connectivity index (χ1v) is 8.55. The summed E-state index contributed by atoms with van der Waals surface area (Å²) in [7, 11) is 0. The summed E-state index contributed by atoms with van der Waals surface area (Å²) < 4.78 is 5.88. The van der Waals surface area contributed by atoms with Crippen LogP contribution in [0.2, 0.25) is 5.02 Å². The van der Waals surface area contributed by atoms with Gasteiger partial charge in [-0.1, -0.05) is 54.1 Å². The maximum Gasteiger partial charge on any atom is 0.326 e. The molecule has 0 aliphatic heterocycles. The van der Waals surface area contributed by atoms with Crippen molar-refractivity contribution >= 4 is 23.3 Å². The summed E-state index contributed by atoms with van der Waals surface area (Å²) in [6.07, 6.45) is 0.367. The van der Waals surface area contributed by atoms with E-state index < -0.39 is 12.0 Å². The van der Waals surface area contributed by atoms with E-state index in [0.717, 1.165) is 5.56 Å². The predicted octanol–water partition coefficient (Wildman–Crippen LogP) is 5.24. The van der Waals surface area contributed by atoms with Crippen LogP contribution in [0.3, 0.4) is 0 Å². The molecule has 0 saturated carbocycles. The van der Waals surface area contributed by atoms with E-state index in [0.29, 0.717) is 28.6 Å². The fourth-order valence-corrected chi connectivity index (χ4v) is 2.67. The second-order valence-corrected chi connectivity index (χ2v) is 6.21. The Bertz CT molecular complexity index is 866. The first kappa shape index (κ1) is 17.8. The van der Waals surface area contributed by atoms with E-state index in [1.807, 2.05) is 42.5 Å². The predicted molar refractivity (Wildman–Crippen MR) is 103 cm³/mol. The minimum atomic E-state index is -0.921. The molecule has 0 aliphatic carbocycles. The van der Waals surface area contributed by atoms with Crippen LogP contribution in [-0.2, 0) is 11.2 Å². The molecule has 0 heterocycles. The largest absolute Gasteiger partial charge is 0.480 e. The average molecular weight is 368 g/mol. The second-order valence-electron chi connectivity index (χ2n) is 5.78. The van der Waals surface area contributed by atoms with Crippen molar-refractivity contribution in [2.24, 2.45) is 0 Å². The number of aliphatic carboxylic acids is 1. The van der Waals surface area contributed by atoms with Crippen molar-refractivity contribution < 1.29 is 14.6 Å². The van der Waals surface area contributed by atoms with Gasteiger partial charge in [-0.15, -0.1) is 0 Å². The summed E-state index contributed by atoms with van der Waals surface area (Å²) in [5.41, 5.74) is 1.56. The fraction of sp³-hybridized carbons (Fsp3) is 0.0952. The molecule has 0 unspecified atom stereocenters. The van der Waals surface area contributed by atoms with Crippen LogP contribution in [0, 0.1) is 0 Å². The number of rotatable bonds is 7. The lowest BCUT2D eigenvalue weighted by Crippen LogP contribution is -2.31. The van der Waals surface area contributed by atoms with Crippen LogP contribution in [0.15, 0.2) is 78.9 Å². The monoisotopic (exact) mass is 367 g/mol. The van der Waals surface area contributed by atoms with Gasteiger partial charge in [0.1, 0.15) is 11.8 Å². The quantitative estimate of drug-likeness (QED) is 0.599. The number of benzene rings is 3. The third-order valence-corrected chi connectivity index (χ3v) is 4.09. The molecule has 5 heteroatoms. The van der Waals surface area contributed by atoms with Crippen LogP contribution in [0.5, 0.6) is 11.5 Å². The molecule has 1 atom stereocenters. The highest BCUT2D eigenvalue weighted by atomic mass is 35.5. The molecule has 132 valence electrons. The van der Waals surface area contributed by atoms with Gasteiger partial charge in [0.25, 0.3) is 0 Å². The maximum absolute atomic E-state index is 11.7. The van der Waals surface area contributed by atoms with E-state index in [1.165, 1.54) is 0 Å². The van der Waals surface area contributed by atoms with Crippen LogP contribution in [0.25, 0.3) is 0 Å². The molecule has 0 bridgehead atoms. The van der Waals surface area contributed by atoms with Crippen molar-refractivity contribution in [3.05, 3.63) is 89.4 Å². The number of hydrogen-bond acceptors (Lipinski definition) is 3. The summed E-state index contributed by atoms with van der Waals surface area (Å²) in [6, 6.07) is 23.0. The minimum Gasteiger partial charge on any atom is -0.480 e. The molecule has 0 aliphatic rings. The highest BCUT2D eigenvalue weighted by Crippen LogP contribution is 2.30. The van der Waals surface area contributed by atoms with Gasteiger partial charge in [0.15, 0.2) is 5.75 Å². The van der Waals surface area contributed by atoms with Gasteiger partial charge in [-0.25, -0.2) is 4.79 Å². The van der Waals surface area contributed by atoms with Crippen LogP contribution >= 0.6 is 11.6 Å². The number of carboxylic acids is 1. The lowest BCUT2D eigenvalue weighted by atomic mass is 10.1. The van der Waals surface area contributed by atoms with Gasteiger partial charge in [0.05, 0.1) is 5.69 Å². The lowest BCUT2D eigenvalue weighted by molar-refractivity contribution is -0.137. The fourth-order valence-electron chi connectivity index (χ4n) is 2.54. The maximum atomic E-state index is 11.7. The van der Waals surface area contributed by atoms with Crippen molar-refractivity contribution in [3.63, 3.8) is 0 Å². The molecule has 3 rings (SSSR count). The number of halogens is 1. The number of carboxylic acid groups (broad SMARTS) is 1. The summed E-state index contributed by atoms with van der Waals surface area (Å²) in [5.74, 6) is 0.253. The highest BCUT2D eigenvalue weighted by Gasteiger charge is 2.19. The minimum absolute atomic E-state index is 0.367. The zero-order valence-corrected chi connectivity index (χ0v) is 14.7. The van der Waals surface area contributed by atoms with Gasteiger partial charge in [-0.05, 0) is 42.0 Å². The van der Waals surface area contributed by atoms with E-state index in [2.05, 4.69) is 5.32 Å². The van der Waals surface area contributed by atoms with Crippen molar-refractivity contribution in [2.45, 2.75) is 12.5 Å². The molecule has 0 saturated heterocycles. The normalized spacial score (nSPS) is 11.6. The average Bonchev–Trinajstić information content (AvgIpc) is 2.65. The van der Waals surface area contributed by atoms with E-state index in [4.69, 9.17) is 16.3 Å². The molecule has 0 amide bonds. The van der Waals surface area contributed by atoms with E-state index >= 15 is 0 Å². The molecular weight excluding hydrogens is 350 g/mol. The Kier molecular flexibility index (Phi) is 5.77. The first-order chi connectivity index (χ1) is 12.6. The number of carbonyl (C=O) groups is 1. The van der Waals surface area contributed by atoms with Gasteiger partial charge >= 0.3 is 5.97 Å². The highest BCUT2D eigenvalue weighted by molar-refractivity contribution is 6.30. The summed E-state index contributed by atoms with van der Waals surface area (Å²) in [4.78, 5) is 11.7. The zero-order chi connectivity index (χ0) is 18.4. The molecule has 0 radical (unpaired) electrons. The molecule has 3 aromatic carbocycles. The van der Waals surface area contributed by atoms with Crippen molar-refractivity contribution in [1.29, 1.82) is 0 Å². The third kappa shape index (κ3) is 4.77. The molecule has 0 fully saturated rings. The second kappa shape index (κ2) is 8.41. The standard InChI is InChI=1S/C21H18ClNO3/c22-16-10-12-17(13-11-16)26-20-9-5-4-8-18(20)23-19(21(24)25)14-15-6-2-1-3-7-15/h1-13,19,23H,14H2,(H,24,25)/t19-/m0/s1. The van der Waals surface area contributed by atoms with E-state index in [9.17, 15) is 9.90 Å². The SMILES string of the molecule is O=C(O)[C@H](Cc1ccccc1)Nc1ccccc1Oc1ccc(Cl)cc1. The van der Waals surface area contributed by atoms with Crippen molar-refractivity contribution in [1.82, 2.24) is 0 Å². The van der Waals surface area contributed by atoms with Gasteiger partial charge in [-0.3, -0.25) is 0 Å². The van der Waals surface area contributed by atoms with Gasteiger partial charge in [-0.2, -0.15) is 0 Å². The number of ether oxygens (including phenoxy) is 1. The molecule has 0 aromatic heterocycles. The van der Waals surface area contributed by atoms with Crippen molar-refractivity contribution in [2.75, 3.05) is 5.32 Å². The molecular formula is C21H18ClNO3. The Morgan fingerprint density at radius 1 is 0.962 bits per heavy atom. The molecule has 2 N–H and O–H groups in total. The Labute approximate surface area is 157 Å². The molecule has 0 spiro atoms. The molecule has 3 aromatic rings. The van der Waals surface area contributed by atoms with Crippen LogP contribution in [-0.4, -0.2) is 17.1 Å². The molecule has 4 nitrogen and oxygen atoms in total. The Morgan fingerprint density at radius 3 is 2.31 bits per heavy atom. The van der Waals surface area contributed by atoms with Gasteiger partial charge < -0.3 is 15.2 Å². The number of hydrogen-bond donors (Lipinski definition) is 2. The van der Waals surface area contributed by atoms with Gasteiger partial charge in [0.2, 0.25) is 0 Å². The first-order valence-electron chi connectivity index (χ1n) is 8.17. The summed E-state index contributed by atoms with van der Waals surface area (Å²) >= 11 is 5.89. The topological polar surface area (TPSA) is 58.6 Å². The lowest BCUT2D eigenvalue weighted by Gasteiger charge is -2.18. The number of nitrogens with one attached hydrogen (secondary N) is 1. The Hall–Kier alpha value is -2.98. The number of para-hydroxylation sites is 2. The third-order valence-electron chi connectivity index (χ3n) is 3.84. The van der Waals surface area contributed by atoms with Crippen molar-refractivity contribution in [3.8, 4) is 11.5 Å². The summed E-state index contributed by atoms with van der Waals surface area (Å²) in [6.45, 7) is 0. The Balaban J connectivity index is 1.79. The Morgan fingerprint density at radius 2 is 1.62 bits per heavy atom. The van der Waals surface area contributed by atoms with Crippen LogP contribution < -0.4 is 10.1 Å². The summed E-state index contributed by atoms with van der Waals surface area (Å²) in [5, 5.41) is 13.3. The van der Waals surface area contributed by atoms with E-state index in [1.54, 1.807) is 36.4 Å². The zero-order valence-electron chi connectivity index (χ0n) is 13.9. The van der Waals surface area contributed by atoms with Crippen LogP contribution in [0.1, 0.15) is 5.56 Å².